The third-order valence-corrected chi connectivity index (χ3v) is 6.58. The number of methoxy groups -OCH3 is 1. The van der Waals surface area contributed by atoms with Crippen LogP contribution in [0.3, 0.4) is 0 Å². The van der Waals surface area contributed by atoms with E-state index >= 15 is 0 Å². The van der Waals surface area contributed by atoms with E-state index in [9.17, 15) is 5.11 Å². The van der Waals surface area contributed by atoms with Crippen molar-refractivity contribution in [3.05, 3.63) is 82.9 Å². The van der Waals surface area contributed by atoms with Crippen LogP contribution in [0.2, 0.25) is 0 Å². The minimum atomic E-state index is -0.212. The first-order chi connectivity index (χ1) is 17.8. The van der Waals surface area contributed by atoms with Crippen molar-refractivity contribution in [2.24, 2.45) is 5.73 Å². The Morgan fingerprint density at radius 3 is 2.41 bits per heavy atom. The molecule has 3 N–H and O–H groups in total. The van der Waals surface area contributed by atoms with Crippen LogP contribution in [0.25, 0.3) is 17.1 Å². The summed E-state index contributed by atoms with van der Waals surface area (Å²) in [6.45, 7) is 8.91. The summed E-state index contributed by atoms with van der Waals surface area (Å²) in [5.41, 5.74) is 12.2. The zero-order valence-corrected chi connectivity index (χ0v) is 22.2. The molecule has 194 valence electrons. The van der Waals surface area contributed by atoms with Crippen LogP contribution in [0.15, 0.2) is 60.7 Å². The summed E-state index contributed by atoms with van der Waals surface area (Å²) in [5, 5.41) is 19.2. The molecule has 7 heteroatoms. The van der Waals surface area contributed by atoms with Crippen LogP contribution in [-0.2, 0) is 6.61 Å². The van der Waals surface area contributed by atoms with Crippen LogP contribution >= 0.6 is 0 Å². The molecule has 1 heterocycles. The summed E-state index contributed by atoms with van der Waals surface area (Å²) in [6.07, 6.45) is 1.76. The molecule has 0 radical (unpaired) electrons. The van der Waals surface area contributed by atoms with Gasteiger partial charge in [-0.3, -0.25) is 0 Å². The molecule has 37 heavy (non-hydrogen) atoms. The van der Waals surface area contributed by atoms with Gasteiger partial charge in [-0.1, -0.05) is 62.6 Å². The first-order valence-electron chi connectivity index (χ1n) is 12.7. The van der Waals surface area contributed by atoms with E-state index in [1.807, 2.05) is 54.6 Å². The number of nitrogens with zero attached hydrogens (tertiary/aromatic N) is 3. The van der Waals surface area contributed by atoms with E-state index in [1.165, 1.54) is 5.56 Å². The van der Waals surface area contributed by atoms with Gasteiger partial charge in [0, 0.05) is 11.6 Å². The molecule has 0 spiro atoms. The van der Waals surface area contributed by atoms with Crippen LogP contribution in [0.4, 0.5) is 0 Å². The SMILES string of the molecule is CCCC(N)c1cc(-n2c(O)nnc2-c2cc(C(C)C)c(C)cc2OCc2ccccc2)ccc1OC. The second-order valence-corrected chi connectivity index (χ2v) is 9.61. The molecule has 7 nitrogen and oxygen atoms in total. The van der Waals surface area contributed by atoms with E-state index in [2.05, 4.69) is 44.0 Å². The summed E-state index contributed by atoms with van der Waals surface area (Å²) >= 11 is 0. The standard InChI is InChI=1S/C30H36N4O3/c1-6-10-26(31)24-16-22(13-14-27(24)36-5)34-29(32-33-30(34)35)25-17-23(19(2)3)20(4)15-28(25)37-18-21-11-8-7-9-12-21/h7-9,11-17,19,26H,6,10,18,31H2,1-5H3,(H,33,35). The molecule has 4 aromatic rings. The predicted octanol–water partition coefficient (Wildman–Crippen LogP) is 6.46. The van der Waals surface area contributed by atoms with Crippen LogP contribution in [0.1, 0.15) is 67.8 Å². The van der Waals surface area contributed by atoms with Gasteiger partial charge < -0.3 is 20.3 Å². The molecule has 0 aliphatic rings. The van der Waals surface area contributed by atoms with Gasteiger partial charge in [-0.15, -0.1) is 5.10 Å². The molecular formula is C30H36N4O3. The van der Waals surface area contributed by atoms with E-state index in [-0.39, 0.29) is 12.1 Å². The summed E-state index contributed by atoms with van der Waals surface area (Å²) in [6, 6.07) is 19.4. The second-order valence-electron chi connectivity index (χ2n) is 9.61. The Bertz CT molecular complexity index is 1350. The monoisotopic (exact) mass is 500 g/mol. The zero-order valence-electron chi connectivity index (χ0n) is 22.2. The minimum absolute atomic E-state index is 0.196. The quantitative estimate of drug-likeness (QED) is 0.259. The minimum Gasteiger partial charge on any atom is -0.496 e. The topological polar surface area (TPSA) is 95.4 Å². The third kappa shape index (κ3) is 5.62. The number of hydrogen-bond donors (Lipinski definition) is 2. The summed E-state index contributed by atoms with van der Waals surface area (Å²) in [5.74, 6) is 2.17. The molecule has 1 unspecified atom stereocenters. The molecule has 0 saturated heterocycles. The highest BCUT2D eigenvalue weighted by Crippen LogP contribution is 2.38. The highest BCUT2D eigenvalue weighted by atomic mass is 16.5. The number of hydrogen-bond acceptors (Lipinski definition) is 6. The molecule has 0 amide bonds. The number of aromatic hydroxyl groups is 1. The largest absolute Gasteiger partial charge is 0.496 e. The average molecular weight is 501 g/mol. The smallest absolute Gasteiger partial charge is 0.319 e. The average Bonchev–Trinajstić information content (AvgIpc) is 3.28. The van der Waals surface area contributed by atoms with Gasteiger partial charge in [-0.2, -0.15) is 0 Å². The Hall–Kier alpha value is -3.84. The lowest BCUT2D eigenvalue weighted by Gasteiger charge is -2.19. The lowest BCUT2D eigenvalue weighted by molar-refractivity contribution is 0.307. The van der Waals surface area contributed by atoms with Crippen molar-refractivity contribution in [2.75, 3.05) is 7.11 Å². The first-order valence-corrected chi connectivity index (χ1v) is 12.7. The lowest BCUT2D eigenvalue weighted by Crippen LogP contribution is -2.12. The van der Waals surface area contributed by atoms with E-state index in [0.29, 0.717) is 35.5 Å². The Labute approximate surface area is 218 Å². The van der Waals surface area contributed by atoms with Crippen molar-refractivity contribution in [2.45, 2.75) is 59.1 Å². The van der Waals surface area contributed by atoms with Gasteiger partial charge in [0.05, 0.1) is 18.4 Å². The Kier molecular flexibility index (Phi) is 8.14. The maximum Gasteiger partial charge on any atom is 0.319 e. The van der Waals surface area contributed by atoms with Crippen LogP contribution in [0.5, 0.6) is 17.5 Å². The number of benzene rings is 3. The van der Waals surface area contributed by atoms with Crippen LogP contribution < -0.4 is 15.2 Å². The molecular weight excluding hydrogens is 464 g/mol. The fourth-order valence-corrected chi connectivity index (χ4v) is 4.66. The van der Waals surface area contributed by atoms with Crippen LogP contribution in [0, 0.1) is 6.92 Å². The molecule has 0 bridgehead atoms. The highest BCUT2D eigenvalue weighted by Gasteiger charge is 2.23. The van der Waals surface area contributed by atoms with Gasteiger partial charge in [0.15, 0.2) is 5.82 Å². The van der Waals surface area contributed by atoms with Gasteiger partial charge in [0.2, 0.25) is 0 Å². The fraction of sp³-hybridized carbons (Fsp3) is 0.333. The Morgan fingerprint density at radius 1 is 0.973 bits per heavy atom. The van der Waals surface area contributed by atoms with Gasteiger partial charge in [-0.25, -0.2) is 4.57 Å². The number of nitrogens with two attached hydrogens (primary N) is 1. The molecule has 0 saturated carbocycles. The molecule has 4 rings (SSSR count). The Morgan fingerprint density at radius 2 is 1.73 bits per heavy atom. The van der Waals surface area contributed by atoms with E-state index in [0.717, 1.165) is 35.1 Å². The molecule has 3 aromatic carbocycles. The van der Waals surface area contributed by atoms with E-state index < -0.39 is 0 Å². The van der Waals surface area contributed by atoms with Crippen molar-refractivity contribution in [1.29, 1.82) is 0 Å². The first kappa shape index (κ1) is 26.2. The molecule has 1 aromatic heterocycles. The second kappa shape index (κ2) is 11.5. The van der Waals surface area contributed by atoms with E-state index in [1.54, 1.807) is 11.7 Å². The van der Waals surface area contributed by atoms with Gasteiger partial charge >= 0.3 is 6.01 Å². The molecule has 0 aliphatic heterocycles. The van der Waals surface area contributed by atoms with Gasteiger partial charge in [-0.05, 0) is 66.3 Å². The normalized spacial score (nSPS) is 12.1. The highest BCUT2D eigenvalue weighted by molar-refractivity contribution is 5.69. The number of aromatic nitrogens is 3. The summed E-state index contributed by atoms with van der Waals surface area (Å²) in [7, 11) is 1.63. The van der Waals surface area contributed by atoms with Crippen molar-refractivity contribution < 1.29 is 14.6 Å². The zero-order chi connectivity index (χ0) is 26.5. The van der Waals surface area contributed by atoms with E-state index in [4.69, 9.17) is 15.2 Å². The predicted molar refractivity (Wildman–Crippen MR) is 146 cm³/mol. The van der Waals surface area contributed by atoms with Gasteiger partial charge in [0.25, 0.3) is 0 Å². The van der Waals surface area contributed by atoms with Crippen molar-refractivity contribution >= 4 is 0 Å². The number of rotatable bonds is 10. The summed E-state index contributed by atoms with van der Waals surface area (Å²) < 4.78 is 13.5. The lowest BCUT2D eigenvalue weighted by atomic mass is 9.94. The fourth-order valence-electron chi connectivity index (χ4n) is 4.66. The third-order valence-electron chi connectivity index (χ3n) is 6.58. The maximum atomic E-state index is 10.8. The maximum absolute atomic E-state index is 10.8. The Balaban J connectivity index is 1.84. The van der Waals surface area contributed by atoms with Crippen molar-refractivity contribution in [3.63, 3.8) is 0 Å². The van der Waals surface area contributed by atoms with Crippen LogP contribution in [-0.4, -0.2) is 27.0 Å². The number of ether oxygens (including phenoxy) is 2. The van der Waals surface area contributed by atoms with Crippen molar-refractivity contribution in [1.82, 2.24) is 14.8 Å². The molecule has 0 fully saturated rings. The number of aryl methyl sites for hydroxylation is 1. The molecule has 1 atom stereocenters. The van der Waals surface area contributed by atoms with Crippen molar-refractivity contribution in [3.8, 4) is 34.6 Å². The molecule has 0 aliphatic carbocycles. The van der Waals surface area contributed by atoms with Gasteiger partial charge in [0.1, 0.15) is 18.1 Å². The summed E-state index contributed by atoms with van der Waals surface area (Å²) in [4.78, 5) is 0.